The molecule has 0 fully saturated rings. The van der Waals surface area contributed by atoms with Gasteiger partial charge in [0.05, 0.1) is 24.2 Å². The third kappa shape index (κ3) is 6.45. The molecule has 0 radical (unpaired) electrons. The van der Waals surface area contributed by atoms with Crippen molar-refractivity contribution in [3.63, 3.8) is 0 Å². The lowest BCUT2D eigenvalue weighted by molar-refractivity contribution is -0.171. The maximum absolute atomic E-state index is 12.4. The SMILES string of the molecule is COCC#CC(C)(C)N(Oc1cncc(Cl)c1)C(=O)CCOC. The van der Waals surface area contributed by atoms with Crippen LogP contribution in [-0.2, 0) is 14.3 Å². The molecule has 0 saturated carbocycles. The second-order valence-electron chi connectivity index (χ2n) is 5.15. The van der Waals surface area contributed by atoms with Gasteiger partial charge in [0.2, 0.25) is 0 Å². The molecule has 0 saturated heterocycles. The van der Waals surface area contributed by atoms with Crippen LogP contribution in [0.15, 0.2) is 18.5 Å². The molecule has 0 atom stereocenters. The van der Waals surface area contributed by atoms with E-state index < -0.39 is 5.54 Å². The van der Waals surface area contributed by atoms with Crippen molar-refractivity contribution in [3.8, 4) is 17.6 Å². The molecule has 1 aromatic rings. The lowest BCUT2D eigenvalue weighted by Gasteiger charge is -2.33. The van der Waals surface area contributed by atoms with Gasteiger partial charge in [-0.3, -0.25) is 9.78 Å². The quantitative estimate of drug-likeness (QED) is 0.563. The monoisotopic (exact) mass is 340 g/mol. The van der Waals surface area contributed by atoms with Gasteiger partial charge in [0.15, 0.2) is 5.75 Å². The van der Waals surface area contributed by atoms with E-state index in [1.165, 1.54) is 24.6 Å². The van der Waals surface area contributed by atoms with E-state index >= 15 is 0 Å². The van der Waals surface area contributed by atoms with Gasteiger partial charge in [0.1, 0.15) is 12.1 Å². The standard InChI is InChI=1S/C16H21ClN2O4/c1-16(2,7-5-8-21-3)19(15(20)6-9-22-4)23-14-10-13(17)11-18-12-14/h10-12H,6,8-9H2,1-4H3. The zero-order valence-electron chi connectivity index (χ0n) is 13.8. The van der Waals surface area contributed by atoms with Crippen LogP contribution in [0.5, 0.6) is 5.75 Å². The first kappa shape index (κ1) is 19.2. The summed E-state index contributed by atoms with van der Waals surface area (Å²) in [5, 5.41) is 1.62. The minimum atomic E-state index is -0.869. The Bertz CT molecular complexity index is 581. The number of ether oxygens (including phenoxy) is 2. The van der Waals surface area contributed by atoms with Crippen LogP contribution in [0.3, 0.4) is 0 Å². The predicted molar refractivity (Wildman–Crippen MR) is 86.9 cm³/mol. The fraction of sp³-hybridized carbons (Fsp3) is 0.500. The zero-order chi connectivity index (χ0) is 17.3. The first-order valence-corrected chi connectivity index (χ1v) is 7.38. The molecular formula is C16H21ClN2O4. The van der Waals surface area contributed by atoms with Gasteiger partial charge in [0.25, 0.3) is 5.91 Å². The molecule has 0 N–H and O–H groups in total. The summed E-state index contributed by atoms with van der Waals surface area (Å²) in [5.74, 6) is 5.90. The van der Waals surface area contributed by atoms with E-state index in [2.05, 4.69) is 16.8 Å². The summed E-state index contributed by atoms with van der Waals surface area (Å²) in [6, 6.07) is 1.57. The van der Waals surface area contributed by atoms with Crippen molar-refractivity contribution >= 4 is 17.5 Å². The second-order valence-corrected chi connectivity index (χ2v) is 5.59. The predicted octanol–water partition coefficient (Wildman–Crippen LogP) is 2.32. The average Bonchev–Trinajstić information content (AvgIpc) is 2.50. The summed E-state index contributed by atoms with van der Waals surface area (Å²) < 4.78 is 9.86. The van der Waals surface area contributed by atoms with Gasteiger partial charge < -0.3 is 14.3 Å². The molecule has 1 aromatic heterocycles. The van der Waals surface area contributed by atoms with Crippen LogP contribution in [0, 0.1) is 11.8 Å². The van der Waals surface area contributed by atoms with Gasteiger partial charge in [-0.05, 0) is 13.8 Å². The number of hydrogen-bond donors (Lipinski definition) is 0. The highest BCUT2D eigenvalue weighted by molar-refractivity contribution is 6.30. The molecule has 0 aliphatic rings. The van der Waals surface area contributed by atoms with Crippen LogP contribution in [0.1, 0.15) is 20.3 Å². The maximum atomic E-state index is 12.4. The molecular weight excluding hydrogens is 320 g/mol. The number of aromatic nitrogens is 1. The molecule has 0 aliphatic carbocycles. The number of hydrogen-bond acceptors (Lipinski definition) is 5. The molecule has 7 heteroatoms. The summed E-state index contributed by atoms with van der Waals surface area (Å²) in [7, 11) is 3.08. The Balaban J connectivity index is 3.01. The smallest absolute Gasteiger partial charge is 0.258 e. The molecule has 0 unspecified atom stereocenters. The molecule has 0 aromatic carbocycles. The van der Waals surface area contributed by atoms with E-state index in [1.54, 1.807) is 27.0 Å². The number of carbonyl (C=O) groups excluding carboxylic acids is 1. The summed E-state index contributed by atoms with van der Waals surface area (Å²) in [4.78, 5) is 22.1. The van der Waals surface area contributed by atoms with Crippen molar-refractivity contribution in [1.29, 1.82) is 0 Å². The van der Waals surface area contributed by atoms with Crippen LogP contribution in [0.25, 0.3) is 0 Å². The molecule has 1 rings (SSSR count). The van der Waals surface area contributed by atoms with Crippen LogP contribution in [0.4, 0.5) is 0 Å². The Morgan fingerprint density at radius 3 is 2.70 bits per heavy atom. The van der Waals surface area contributed by atoms with E-state index in [-0.39, 0.29) is 25.5 Å². The van der Waals surface area contributed by atoms with Gasteiger partial charge in [-0.2, -0.15) is 5.06 Å². The van der Waals surface area contributed by atoms with E-state index in [0.717, 1.165) is 0 Å². The molecule has 0 aliphatic heterocycles. The fourth-order valence-corrected chi connectivity index (χ4v) is 1.85. The Morgan fingerprint density at radius 2 is 2.09 bits per heavy atom. The zero-order valence-corrected chi connectivity index (χ0v) is 14.5. The van der Waals surface area contributed by atoms with Gasteiger partial charge in [-0.15, -0.1) is 0 Å². The first-order chi connectivity index (χ1) is 10.9. The Hall–Kier alpha value is -1.81. The fourth-order valence-electron chi connectivity index (χ4n) is 1.69. The number of pyridine rings is 1. The average molecular weight is 341 g/mol. The molecule has 0 bridgehead atoms. The number of hydroxylamine groups is 2. The number of halogens is 1. The molecule has 1 amide bonds. The number of carbonyl (C=O) groups is 1. The van der Waals surface area contributed by atoms with Gasteiger partial charge in [0, 0.05) is 26.5 Å². The Kier molecular flexibility index (Phi) is 7.83. The third-order valence-corrected chi connectivity index (χ3v) is 2.95. The van der Waals surface area contributed by atoms with Crippen molar-refractivity contribution in [2.45, 2.75) is 25.8 Å². The minimum Gasteiger partial charge on any atom is -0.384 e. The minimum absolute atomic E-state index is 0.167. The molecule has 1 heterocycles. The molecule has 126 valence electrons. The summed E-state index contributed by atoms with van der Waals surface area (Å²) in [5.41, 5.74) is -0.869. The largest absolute Gasteiger partial charge is 0.384 e. The number of nitrogens with zero attached hydrogens (tertiary/aromatic N) is 2. The lowest BCUT2D eigenvalue weighted by Crippen LogP contribution is -2.49. The number of rotatable bonds is 7. The van der Waals surface area contributed by atoms with Crippen molar-refractivity contribution in [1.82, 2.24) is 10.0 Å². The van der Waals surface area contributed by atoms with Crippen molar-refractivity contribution in [2.75, 3.05) is 27.4 Å². The van der Waals surface area contributed by atoms with Gasteiger partial charge in [-0.1, -0.05) is 23.4 Å². The highest BCUT2D eigenvalue weighted by Crippen LogP contribution is 2.22. The summed E-state index contributed by atoms with van der Waals surface area (Å²) in [6.07, 6.45) is 3.12. The van der Waals surface area contributed by atoms with Crippen molar-refractivity contribution in [3.05, 3.63) is 23.5 Å². The number of amides is 1. The van der Waals surface area contributed by atoms with Gasteiger partial charge in [-0.25, -0.2) is 0 Å². The highest BCUT2D eigenvalue weighted by Gasteiger charge is 2.32. The van der Waals surface area contributed by atoms with E-state index in [4.69, 9.17) is 25.9 Å². The summed E-state index contributed by atoms with van der Waals surface area (Å²) in [6.45, 7) is 4.10. The number of methoxy groups -OCH3 is 2. The normalized spacial score (nSPS) is 10.7. The molecule has 6 nitrogen and oxygen atoms in total. The van der Waals surface area contributed by atoms with Crippen molar-refractivity contribution in [2.24, 2.45) is 0 Å². The van der Waals surface area contributed by atoms with Gasteiger partial charge >= 0.3 is 0 Å². The second kappa shape index (κ2) is 9.36. The van der Waals surface area contributed by atoms with Crippen LogP contribution >= 0.6 is 11.6 Å². The molecule has 23 heavy (non-hydrogen) atoms. The third-order valence-electron chi connectivity index (χ3n) is 2.74. The maximum Gasteiger partial charge on any atom is 0.258 e. The summed E-state index contributed by atoms with van der Waals surface area (Å²) >= 11 is 5.90. The van der Waals surface area contributed by atoms with Crippen LogP contribution in [0.2, 0.25) is 5.02 Å². The van der Waals surface area contributed by atoms with E-state index in [1.807, 2.05) is 0 Å². The molecule has 0 spiro atoms. The van der Waals surface area contributed by atoms with E-state index in [9.17, 15) is 4.79 Å². The van der Waals surface area contributed by atoms with E-state index in [0.29, 0.717) is 10.8 Å². The Labute approximate surface area is 141 Å². The Morgan fingerprint density at radius 1 is 1.35 bits per heavy atom. The highest BCUT2D eigenvalue weighted by atomic mass is 35.5. The topological polar surface area (TPSA) is 60.9 Å². The first-order valence-electron chi connectivity index (χ1n) is 7.00. The van der Waals surface area contributed by atoms with Crippen LogP contribution in [-0.4, -0.2) is 48.9 Å². The van der Waals surface area contributed by atoms with Crippen LogP contribution < -0.4 is 4.84 Å². The van der Waals surface area contributed by atoms with Crippen molar-refractivity contribution < 1.29 is 19.1 Å². The lowest BCUT2D eigenvalue weighted by atomic mass is 10.1.